The number of fused-ring (bicyclic) bond motifs is 1. The van der Waals surface area contributed by atoms with E-state index in [2.05, 4.69) is 51.8 Å². The van der Waals surface area contributed by atoms with Gasteiger partial charge in [-0.2, -0.15) is 0 Å². The predicted octanol–water partition coefficient (Wildman–Crippen LogP) is 1.24. The summed E-state index contributed by atoms with van der Waals surface area (Å²) in [7, 11) is 0. The third-order valence-electron chi connectivity index (χ3n) is 7.57. The van der Waals surface area contributed by atoms with E-state index in [1.165, 1.54) is 57.6 Å². The maximum absolute atomic E-state index is 12.6. The highest BCUT2D eigenvalue weighted by Crippen LogP contribution is 2.26. The number of H-pyrrole nitrogens is 1. The number of carbonyl (C=O) groups is 2. The fourth-order valence-electron chi connectivity index (χ4n) is 5.13. The van der Waals surface area contributed by atoms with Crippen LogP contribution >= 0.6 is 15.9 Å². The third kappa shape index (κ3) is 11.2. The van der Waals surface area contributed by atoms with Crippen LogP contribution in [0.3, 0.4) is 0 Å². The van der Waals surface area contributed by atoms with Crippen molar-refractivity contribution in [1.82, 2.24) is 30.6 Å². The molecule has 0 aromatic carbocycles. The number of unbranched alkanes of at least 4 members (excludes halogenated alkanes) is 10. The maximum Gasteiger partial charge on any atom is 0.239 e. The number of alkyl halides is 1. The Bertz CT molecular complexity index is 1110. The number of carbonyl (C=O) groups excluding carboxylic acids is 2. The van der Waals surface area contributed by atoms with Gasteiger partial charge in [0.25, 0.3) is 0 Å². The summed E-state index contributed by atoms with van der Waals surface area (Å²) >= 11 is 3.46. The molecule has 0 bridgehead atoms. The van der Waals surface area contributed by atoms with Crippen LogP contribution in [0, 0.1) is 0 Å². The van der Waals surface area contributed by atoms with Crippen molar-refractivity contribution in [3.63, 3.8) is 0 Å². The van der Waals surface area contributed by atoms with Gasteiger partial charge >= 0.3 is 0 Å². The van der Waals surface area contributed by atoms with Crippen LogP contribution in [0.1, 0.15) is 77.0 Å². The first kappa shape index (κ1) is 35.1. The van der Waals surface area contributed by atoms with Crippen molar-refractivity contribution in [3.8, 4) is 0 Å². The molecule has 242 valence electrons. The molecule has 15 heteroatoms. The molecule has 0 radical (unpaired) electrons. The average molecular weight is 673 g/mol. The summed E-state index contributed by atoms with van der Waals surface area (Å²) in [5.41, 5.74) is 0.792. The van der Waals surface area contributed by atoms with Gasteiger partial charge in [-0.15, -0.1) is 0 Å². The van der Waals surface area contributed by atoms with Crippen molar-refractivity contribution in [3.05, 3.63) is 12.7 Å². The van der Waals surface area contributed by atoms with Crippen LogP contribution in [0.15, 0.2) is 12.7 Å². The molecule has 1 aliphatic rings. The number of aliphatic hydroxyl groups is 4. The SMILES string of the molecule is O=C(CCCCCCCCCCCCCBr)NCC(=O)N[C@@H]1[C@@H](O)[C@@H](O)[C@@H](Nc2ncnc3nc[nH]c23)O[C@H]1[C@@H](O)CO. The molecule has 0 saturated carbocycles. The van der Waals surface area contributed by atoms with Gasteiger partial charge in [0.05, 0.1) is 25.5 Å². The number of nitrogens with one attached hydrogen (secondary N) is 4. The lowest BCUT2D eigenvalue weighted by Gasteiger charge is -2.44. The van der Waals surface area contributed by atoms with Gasteiger partial charge in [-0.3, -0.25) is 9.59 Å². The number of aromatic amines is 1. The number of hydrogen-bond acceptors (Lipinski definition) is 11. The molecule has 1 fully saturated rings. The summed E-state index contributed by atoms with van der Waals surface area (Å²) in [4.78, 5) is 39.9. The van der Waals surface area contributed by atoms with E-state index >= 15 is 0 Å². The zero-order chi connectivity index (χ0) is 31.0. The Morgan fingerprint density at radius 1 is 0.930 bits per heavy atom. The lowest BCUT2D eigenvalue weighted by molar-refractivity contribution is -0.204. The molecule has 0 unspecified atom stereocenters. The van der Waals surface area contributed by atoms with Gasteiger partial charge in [0, 0.05) is 11.8 Å². The van der Waals surface area contributed by atoms with Gasteiger partial charge in [-0.1, -0.05) is 73.7 Å². The predicted molar refractivity (Wildman–Crippen MR) is 163 cm³/mol. The average Bonchev–Trinajstić information content (AvgIpc) is 3.50. The monoisotopic (exact) mass is 671 g/mol. The number of anilines is 1. The Kier molecular flexibility index (Phi) is 15.5. The molecule has 43 heavy (non-hydrogen) atoms. The Hall–Kier alpha value is -2.43. The number of halogens is 1. The number of ether oxygens (including phenoxy) is 1. The fourth-order valence-corrected chi connectivity index (χ4v) is 5.52. The summed E-state index contributed by atoms with van der Waals surface area (Å²) in [6, 6.07) is -1.27. The van der Waals surface area contributed by atoms with Crippen LogP contribution in [0.25, 0.3) is 11.2 Å². The zero-order valence-electron chi connectivity index (χ0n) is 24.5. The van der Waals surface area contributed by atoms with Crippen LogP contribution in [-0.4, -0.2) is 107 Å². The smallest absolute Gasteiger partial charge is 0.239 e. The van der Waals surface area contributed by atoms with Crippen molar-refractivity contribution >= 4 is 44.7 Å². The van der Waals surface area contributed by atoms with E-state index < -0.39 is 49.2 Å². The molecule has 8 N–H and O–H groups in total. The molecule has 2 aromatic rings. The van der Waals surface area contributed by atoms with Gasteiger partial charge in [0.2, 0.25) is 11.8 Å². The minimum absolute atomic E-state index is 0.230. The zero-order valence-corrected chi connectivity index (χ0v) is 26.0. The Labute approximate surface area is 259 Å². The number of aromatic nitrogens is 4. The Morgan fingerprint density at radius 3 is 2.23 bits per heavy atom. The summed E-state index contributed by atoms with van der Waals surface area (Å²) < 4.78 is 5.79. The number of aliphatic hydroxyl groups excluding tert-OH is 4. The molecule has 1 saturated heterocycles. The maximum atomic E-state index is 12.6. The molecule has 2 aromatic heterocycles. The molecular weight excluding hydrogens is 626 g/mol. The van der Waals surface area contributed by atoms with Crippen LogP contribution in [-0.2, 0) is 14.3 Å². The Morgan fingerprint density at radius 2 is 1.58 bits per heavy atom. The van der Waals surface area contributed by atoms with Gasteiger partial charge < -0.3 is 46.1 Å². The van der Waals surface area contributed by atoms with Gasteiger partial charge in [0.15, 0.2) is 17.7 Å². The molecule has 2 amide bonds. The second-order valence-corrected chi connectivity index (χ2v) is 11.7. The molecule has 0 aliphatic carbocycles. The molecular formula is C28H46BrN7O7. The molecule has 3 heterocycles. The Balaban J connectivity index is 1.37. The van der Waals surface area contributed by atoms with Gasteiger partial charge in [-0.25, -0.2) is 15.0 Å². The highest BCUT2D eigenvalue weighted by atomic mass is 79.9. The van der Waals surface area contributed by atoms with Crippen molar-refractivity contribution in [2.75, 3.05) is 23.8 Å². The van der Waals surface area contributed by atoms with E-state index in [-0.39, 0.29) is 18.3 Å². The molecule has 6 atom stereocenters. The number of rotatable bonds is 20. The van der Waals surface area contributed by atoms with E-state index in [0.29, 0.717) is 17.6 Å². The lowest BCUT2D eigenvalue weighted by atomic mass is 9.92. The largest absolute Gasteiger partial charge is 0.394 e. The number of imidazole rings is 1. The topological polar surface area (TPSA) is 215 Å². The molecule has 1 aliphatic heterocycles. The molecule has 14 nitrogen and oxygen atoms in total. The van der Waals surface area contributed by atoms with Crippen molar-refractivity contribution in [1.29, 1.82) is 0 Å². The second-order valence-electron chi connectivity index (χ2n) is 10.9. The summed E-state index contributed by atoms with van der Waals surface area (Å²) in [5, 5.41) is 50.6. The second kappa shape index (κ2) is 19.1. The van der Waals surface area contributed by atoms with Crippen LogP contribution in [0.4, 0.5) is 5.82 Å². The first-order valence-electron chi connectivity index (χ1n) is 15.2. The summed E-state index contributed by atoms with van der Waals surface area (Å²) in [5.74, 6) is -0.671. The summed E-state index contributed by atoms with van der Waals surface area (Å²) in [6.45, 7) is -1.07. The quantitative estimate of drug-likeness (QED) is 0.0740. The first-order valence-corrected chi connectivity index (χ1v) is 16.3. The van der Waals surface area contributed by atoms with Crippen molar-refractivity contribution in [2.45, 2.75) is 114 Å². The van der Waals surface area contributed by atoms with E-state index in [1.54, 1.807) is 0 Å². The number of amides is 2. The standard InChI is InChI=1S/C28H46BrN7O7/c29-13-11-9-7-5-3-1-2-4-6-8-10-12-19(39)30-14-20(40)35-21-23(41)24(42)28(43-25(21)18(38)15-37)36-27-22-26(32-16-31-22)33-17-34-27/h16-18,21,23-25,28,37-38,41-42H,1-15H2,(H,30,39)(H,35,40)(H2,31,32,33,34,36)/t18-,21+,23+,24+,25-,28-/m0/s1. The van der Waals surface area contributed by atoms with E-state index in [0.717, 1.165) is 31.0 Å². The minimum atomic E-state index is -1.59. The third-order valence-corrected chi connectivity index (χ3v) is 8.13. The molecule has 3 rings (SSSR count). The highest BCUT2D eigenvalue weighted by Gasteiger charge is 2.48. The van der Waals surface area contributed by atoms with Crippen LogP contribution < -0.4 is 16.0 Å². The van der Waals surface area contributed by atoms with Gasteiger partial charge in [0.1, 0.15) is 36.3 Å². The minimum Gasteiger partial charge on any atom is -0.394 e. The normalized spacial score (nSPS) is 22.8. The highest BCUT2D eigenvalue weighted by molar-refractivity contribution is 9.09. The van der Waals surface area contributed by atoms with Crippen molar-refractivity contribution in [2.24, 2.45) is 0 Å². The number of nitrogens with zero attached hydrogens (tertiary/aromatic N) is 3. The summed E-state index contributed by atoms with van der Waals surface area (Å²) in [6.07, 6.45) is 8.61. The van der Waals surface area contributed by atoms with E-state index in [4.69, 9.17) is 4.74 Å². The van der Waals surface area contributed by atoms with E-state index in [1.807, 2.05) is 0 Å². The fraction of sp³-hybridized carbons (Fsp3) is 0.750. The van der Waals surface area contributed by atoms with E-state index in [9.17, 15) is 30.0 Å². The van der Waals surface area contributed by atoms with Crippen LogP contribution in [0.2, 0.25) is 0 Å². The van der Waals surface area contributed by atoms with Crippen LogP contribution in [0.5, 0.6) is 0 Å². The number of hydrogen-bond donors (Lipinski definition) is 8. The molecule has 0 spiro atoms. The first-order chi connectivity index (χ1) is 20.8. The lowest BCUT2D eigenvalue weighted by Crippen LogP contribution is -2.68. The van der Waals surface area contributed by atoms with Gasteiger partial charge in [-0.05, 0) is 12.8 Å². The van der Waals surface area contributed by atoms with Crippen molar-refractivity contribution < 1.29 is 34.8 Å².